The van der Waals surface area contributed by atoms with E-state index in [0.29, 0.717) is 0 Å². The van der Waals surface area contributed by atoms with Crippen molar-refractivity contribution in [1.29, 1.82) is 0 Å². The SMILES string of the molecule is CC(C)(C)CS(=O)(=O)NC1(C(=O)O)CCOC1. The third kappa shape index (κ3) is 3.93. The molecular weight excluding hydrogens is 246 g/mol. The molecule has 17 heavy (non-hydrogen) atoms. The van der Waals surface area contributed by atoms with E-state index in [-0.39, 0.29) is 25.4 Å². The van der Waals surface area contributed by atoms with Gasteiger partial charge in [0.1, 0.15) is 0 Å². The molecule has 0 aromatic heterocycles. The van der Waals surface area contributed by atoms with Crippen LogP contribution in [-0.2, 0) is 19.6 Å². The third-order valence-electron chi connectivity index (χ3n) is 2.40. The lowest BCUT2D eigenvalue weighted by molar-refractivity contribution is -0.144. The third-order valence-corrected chi connectivity index (χ3v) is 4.35. The molecule has 0 bridgehead atoms. The van der Waals surface area contributed by atoms with Crippen LogP contribution in [0, 0.1) is 5.41 Å². The first-order chi connectivity index (χ1) is 7.56. The molecule has 1 heterocycles. The first kappa shape index (κ1) is 14.4. The summed E-state index contributed by atoms with van der Waals surface area (Å²) in [7, 11) is -3.64. The largest absolute Gasteiger partial charge is 0.480 e. The summed E-state index contributed by atoms with van der Waals surface area (Å²) < 4.78 is 31.0. The Bertz CT molecular complexity index is 389. The lowest BCUT2D eigenvalue weighted by Gasteiger charge is -2.26. The van der Waals surface area contributed by atoms with Crippen molar-refractivity contribution < 1.29 is 23.1 Å². The van der Waals surface area contributed by atoms with Gasteiger partial charge in [-0.1, -0.05) is 20.8 Å². The highest BCUT2D eigenvalue weighted by molar-refractivity contribution is 7.89. The smallest absolute Gasteiger partial charge is 0.327 e. The van der Waals surface area contributed by atoms with Crippen molar-refractivity contribution in [3.05, 3.63) is 0 Å². The summed E-state index contributed by atoms with van der Waals surface area (Å²) in [5.41, 5.74) is -1.92. The first-order valence-corrected chi connectivity index (χ1v) is 7.04. The van der Waals surface area contributed by atoms with Gasteiger partial charge < -0.3 is 9.84 Å². The van der Waals surface area contributed by atoms with Gasteiger partial charge in [-0.2, -0.15) is 4.72 Å². The highest BCUT2D eigenvalue weighted by Crippen LogP contribution is 2.22. The Morgan fingerprint density at radius 3 is 2.41 bits per heavy atom. The second kappa shape index (κ2) is 4.55. The fourth-order valence-corrected chi connectivity index (χ4v) is 3.82. The lowest BCUT2D eigenvalue weighted by Crippen LogP contribution is -2.56. The minimum absolute atomic E-state index is 0.116. The predicted octanol–water partition coefficient (Wildman–Crippen LogP) is 0.196. The molecule has 100 valence electrons. The molecule has 6 nitrogen and oxygen atoms in total. The van der Waals surface area contributed by atoms with E-state index >= 15 is 0 Å². The molecule has 1 unspecified atom stereocenters. The van der Waals surface area contributed by atoms with E-state index in [9.17, 15) is 13.2 Å². The number of aliphatic carboxylic acids is 1. The van der Waals surface area contributed by atoms with Gasteiger partial charge in [0, 0.05) is 13.0 Å². The van der Waals surface area contributed by atoms with E-state index in [1.165, 1.54) is 0 Å². The number of hydrogen-bond donors (Lipinski definition) is 2. The zero-order chi connectivity index (χ0) is 13.3. The minimum atomic E-state index is -3.64. The van der Waals surface area contributed by atoms with Gasteiger partial charge in [-0.25, -0.2) is 8.42 Å². The molecule has 1 aliphatic heterocycles. The number of sulfonamides is 1. The van der Waals surface area contributed by atoms with E-state index in [1.54, 1.807) is 20.8 Å². The summed E-state index contributed by atoms with van der Waals surface area (Å²) in [6, 6.07) is 0. The van der Waals surface area contributed by atoms with Gasteiger partial charge in [0.2, 0.25) is 10.0 Å². The number of carbonyl (C=O) groups is 1. The molecule has 1 saturated heterocycles. The Morgan fingerprint density at radius 1 is 1.47 bits per heavy atom. The van der Waals surface area contributed by atoms with Crippen LogP contribution in [0.4, 0.5) is 0 Å². The molecule has 1 rings (SSSR count). The fraction of sp³-hybridized carbons (Fsp3) is 0.900. The van der Waals surface area contributed by atoms with Crippen molar-refractivity contribution in [2.24, 2.45) is 5.41 Å². The molecule has 1 fully saturated rings. The Kier molecular flexibility index (Phi) is 3.85. The molecule has 0 saturated carbocycles. The topological polar surface area (TPSA) is 92.7 Å². The molecule has 0 aliphatic carbocycles. The second-order valence-electron chi connectivity index (χ2n) is 5.61. The molecular formula is C10H19NO5S. The van der Waals surface area contributed by atoms with Crippen LogP contribution in [0.2, 0.25) is 0 Å². The maximum atomic E-state index is 11.9. The van der Waals surface area contributed by atoms with Gasteiger partial charge in [-0.05, 0) is 5.41 Å². The lowest BCUT2D eigenvalue weighted by atomic mass is 10.0. The molecule has 1 aliphatic rings. The molecule has 0 aromatic carbocycles. The van der Waals surface area contributed by atoms with E-state index < -0.39 is 26.9 Å². The minimum Gasteiger partial charge on any atom is -0.480 e. The summed E-state index contributed by atoms with van der Waals surface area (Å²) in [4.78, 5) is 11.2. The summed E-state index contributed by atoms with van der Waals surface area (Å²) in [6.45, 7) is 5.48. The first-order valence-electron chi connectivity index (χ1n) is 5.39. The number of hydrogen-bond acceptors (Lipinski definition) is 4. The molecule has 2 N–H and O–H groups in total. The zero-order valence-electron chi connectivity index (χ0n) is 10.3. The van der Waals surface area contributed by atoms with E-state index in [4.69, 9.17) is 9.84 Å². The Morgan fingerprint density at radius 2 is 2.06 bits per heavy atom. The maximum absolute atomic E-state index is 11.9. The number of carboxylic acids is 1. The highest BCUT2D eigenvalue weighted by Gasteiger charge is 2.46. The van der Waals surface area contributed by atoms with Crippen LogP contribution in [0.5, 0.6) is 0 Å². The molecule has 0 spiro atoms. The molecule has 1 atom stereocenters. The van der Waals surface area contributed by atoms with Crippen LogP contribution < -0.4 is 4.72 Å². The van der Waals surface area contributed by atoms with Crippen LogP contribution in [0.1, 0.15) is 27.2 Å². The highest BCUT2D eigenvalue weighted by atomic mass is 32.2. The van der Waals surface area contributed by atoms with Gasteiger partial charge in [-0.15, -0.1) is 0 Å². The van der Waals surface area contributed by atoms with Crippen molar-refractivity contribution >= 4 is 16.0 Å². The Labute approximate surface area is 101 Å². The summed E-state index contributed by atoms with van der Waals surface area (Å²) >= 11 is 0. The second-order valence-corrected chi connectivity index (χ2v) is 7.33. The van der Waals surface area contributed by atoms with Crippen LogP contribution in [-0.4, -0.2) is 44.0 Å². The van der Waals surface area contributed by atoms with Gasteiger partial charge in [0.05, 0.1) is 12.4 Å². The average Bonchev–Trinajstić information content (AvgIpc) is 2.47. The van der Waals surface area contributed by atoms with E-state index in [2.05, 4.69) is 4.72 Å². The zero-order valence-corrected chi connectivity index (χ0v) is 11.1. The van der Waals surface area contributed by atoms with Crippen molar-refractivity contribution in [3.8, 4) is 0 Å². The summed E-state index contributed by atoms with van der Waals surface area (Å²) in [5.74, 6) is -1.30. The van der Waals surface area contributed by atoms with E-state index in [1.807, 2.05) is 0 Å². The van der Waals surface area contributed by atoms with Gasteiger partial charge in [-0.3, -0.25) is 4.79 Å². The normalized spacial score (nSPS) is 26.1. The standard InChI is InChI=1S/C10H19NO5S/c1-9(2,3)7-17(14,15)11-10(8(12)13)4-5-16-6-10/h11H,4-7H2,1-3H3,(H,12,13). The van der Waals surface area contributed by atoms with Gasteiger partial charge in [0.15, 0.2) is 5.54 Å². The maximum Gasteiger partial charge on any atom is 0.327 e. The van der Waals surface area contributed by atoms with E-state index in [0.717, 1.165) is 0 Å². The predicted molar refractivity (Wildman–Crippen MR) is 62.2 cm³/mol. The average molecular weight is 265 g/mol. The molecule has 0 amide bonds. The molecule has 7 heteroatoms. The summed E-state index contributed by atoms with van der Waals surface area (Å²) in [6.07, 6.45) is 0.158. The van der Waals surface area contributed by atoms with Gasteiger partial charge >= 0.3 is 5.97 Å². The number of carboxylic acid groups (broad SMARTS) is 1. The number of ether oxygens (including phenoxy) is 1. The monoisotopic (exact) mass is 265 g/mol. The number of nitrogens with one attached hydrogen (secondary N) is 1. The van der Waals surface area contributed by atoms with Crippen molar-refractivity contribution in [2.75, 3.05) is 19.0 Å². The van der Waals surface area contributed by atoms with Gasteiger partial charge in [0.25, 0.3) is 0 Å². The quantitative estimate of drug-likeness (QED) is 0.757. The Balaban J connectivity index is 2.85. The fourth-order valence-electron chi connectivity index (χ4n) is 1.76. The molecule has 0 aromatic rings. The van der Waals surface area contributed by atoms with Crippen LogP contribution in [0.3, 0.4) is 0 Å². The van der Waals surface area contributed by atoms with Crippen molar-refractivity contribution in [2.45, 2.75) is 32.7 Å². The van der Waals surface area contributed by atoms with Crippen LogP contribution in [0.25, 0.3) is 0 Å². The summed E-state index contributed by atoms with van der Waals surface area (Å²) in [5, 5.41) is 9.12. The van der Waals surface area contributed by atoms with Crippen LogP contribution in [0.15, 0.2) is 0 Å². The Hall–Kier alpha value is -0.660. The van der Waals surface area contributed by atoms with Crippen LogP contribution >= 0.6 is 0 Å². The number of rotatable bonds is 4. The van der Waals surface area contributed by atoms with Crippen molar-refractivity contribution in [3.63, 3.8) is 0 Å². The molecule has 0 radical (unpaired) electrons. The van der Waals surface area contributed by atoms with Crippen molar-refractivity contribution in [1.82, 2.24) is 4.72 Å².